The van der Waals surface area contributed by atoms with Crippen molar-refractivity contribution in [2.24, 2.45) is 0 Å². The van der Waals surface area contributed by atoms with E-state index in [4.69, 9.17) is 4.11 Å². The molecule has 0 unspecified atom stereocenters. The monoisotopic (exact) mass is 79.1 g/mol. The van der Waals surface area contributed by atoms with Crippen molar-refractivity contribution in [1.82, 2.24) is 0 Å². The molecule has 0 heterocycles. The van der Waals surface area contributed by atoms with Crippen LogP contribution < -0.4 is 0 Å². The molecule has 0 bridgehead atoms. The second-order valence-corrected chi connectivity index (χ2v) is 1.30. The molecule has 0 aromatic heterocycles. The Morgan fingerprint density at radius 1 is 2.25 bits per heavy atom. The van der Waals surface area contributed by atoms with E-state index >= 15 is 0 Å². The van der Waals surface area contributed by atoms with E-state index in [1.807, 2.05) is 6.92 Å². The number of hydrogen-bond donors (Lipinski definition) is 0. The molecule has 0 fully saturated rings. The third kappa shape index (κ3) is 2.35. The maximum atomic E-state index is 6.63. The number of rotatable bonds is 1. The summed E-state index contributed by atoms with van der Waals surface area (Å²) >= 11 is 0.988. The second-order valence-electron chi connectivity index (χ2n) is 0.433. The predicted octanol–water partition coefficient (Wildman–Crippen LogP) is 1.37. The molecule has 0 spiro atoms. The Hall–Kier alpha value is 0.350. The van der Waals surface area contributed by atoms with E-state index in [1.54, 1.807) is 0 Å². The lowest BCUT2D eigenvalue weighted by Crippen LogP contribution is -1.52. The Labute approximate surface area is 35.8 Å². The minimum atomic E-state index is -1.78. The fourth-order valence-electron chi connectivity index (χ4n) is 0. The van der Waals surface area contributed by atoms with Gasteiger partial charge in [-0.2, -0.15) is 11.8 Å². The van der Waals surface area contributed by atoms with Gasteiger partial charge < -0.3 is 0 Å². The minimum Gasteiger partial charge on any atom is -0.166 e. The maximum Gasteiger partial charge on any atom is 0.0344 e. The third-order valence-corrected chi connectivity index (χ3v) is 0.433. The van der Waals surface area contributed by atoms with Crippen LogP contribution in [0.25, 0.3) is 0 Å². The van der Waals surface area contributed by atoms with Gasteiger partial charge >= 0.3 is 0 Å². The molecule has 26 valence electrons. The molecule has 0 nitrogen and oxygen atoms in total. The van der Waals surface area contributed by atoms with Crippen molar-refractivity contribution < 1.29 is 4.11 Å². The highest BCUT2D eigenvalue weighted by molar-refractivity contribution is 7.98. The van der Waals surface area contributed by atoms with Crippen LogP contribution in [0.5, 0.6) is 0 Å². The minimum absolute atomic E-state index is 0.663. The van der Waals surface area contributed by atoms with E-state index < -0.39 is 6.18 Å². The van der Waals surface area contributed by atoms with Crippen LogP contribution in [0.3, 0.4) is 0 Å². The summed E-state index contributed by atoms with van der Waals surface area (Å²) in [5, 5.41) is 0. The summed E-state index contributed by atoms with van der Waals surface area (Å²) < 4.78 is 19.9. The van der Waals surface area contributed by atoms with Gasteiger partial charge in [-0.1, -0.05) is 6.92 Å². The third-order valence-electron chi connectivity index (χ3n) is 0.144. The van der Waals surface area contributed by atoms with Crippen LogP contribution in [0.4, 0.5) is 0 Å². The molecular weight excluding hydrogens is 68.1 g/mol. The van der Waals surface area contributed by atoms with E-state index in [9.17, 15) is 0 Å². The summed E-state index contributed by atoms with van der Waals surface area (Å²) in [6.45, 7) is 1.83. The van der Waals surface area contributed by atoms with Crippen molar-refractivity contribution in [1.29, 1.82) is 0 Å². The Kier molecular flexibility index (Phi) is 1.01. The maximum absolute atomic E-state index is 6.63. The zero-order valence-corrected chi connectivity index (χ0v) is 3.43. The van der Waals surface area contributed by atoms with Crippen LogP contribution in [-0.4, -0.2) is 11.9 Å². The van der Waals surface area contributed by atoms with E-state index in [-0.39, 0.29) is 0 Å². The summed E-state index contributed by atoms with van der Waals surface area (Å²) in [5.41, 5.74) is 0. The molecular formula is C3H8S. The van der Waals surface area contributed by atoms with Crippen LogP contribution in [0, 0.1) is 0 Å². The smallest absolute Gasteiger partial charge is 0.0344 e. The molecule has 0 aromatic rings. The van der Waals surface area contributed by atoms with Crippen molar-refractivity contribution in [3.63, 3.8) is 0 Å². The molecule has 0 rings (SSSR count). The first kappa shape index (κ1) is 1.21. The normalized spacial score (nSPS) is 21.8. The highest BCUT2D eigenvalue weighted by Crippen LogP contribution is 1.83. The van der Waals surface area contributed by atoms with Crippen molar-refractivity contribution in [3.05, 3.63) is 0 Å². The second kappa shape index (κ2) is 3.35. The summed E-state index contributed by atoms with van der Waals surface area (Å²) in [6, 6.07) is 0. The highest BCUT2D eigenvalue weighted by atomic mass is 32.2. The fourth-order valence-corrected chi connectivity index (χ4v) is 0. The van der Waals surface area contributed by atoms with E-state index in [1.165, 1.54) is 0 Å². The molecule has 1 heteroatoms. The molecule has 0 N–H and O–H groups in total. The largest absolute Gasteiger partial charge is 0.166 e. The van der Waals surface area contributed by atoms with Crippen molar-refractivity contribution >= 4 is 11.8 Å². The zero-order chi connectivity index (χ0) is 5.91. The van der Waals surface area contributed by atoms with Crippen LogP contribution in [0.2, 0.25) is 0 Å². The number of hydrogen-bond acceptors (Lipinski definition) is 1. The molecule has 0 saturated heterocycles. The van der Waals surface area contributed by atoms with E-state index in [0.29, 0.717) is 5.75 Å². The first-order valence-electron chi connectivity index (χ1n) is 2.70. The molecule has 0 atom stereocenters. The van der Waals surface area contributed by atoms with Crippen LogP contribution in [0.1, 0.15) is 11.0 Å². The van der Waals surface area contributed by atoms with Gasteiger partial charge in [-0.25, -0.2) is 0 Å². The van der Waals surface area contributed by atoms with Gasteiger partial charge in [0.2, 0.25) is 0 Å². The molecule has 0 saturated carbocycles. The van der Waals surface area contributed by atoms with Crippen LogP contribution >= 0.6 is 11.8 Å². The average molecular weight is 79.2 g/mol. The van der Waals surface area contributed by atoms with Gasteiger partial charge in [-0.3, -0.25) is 0 Å². The van der Waals surface area contributed by atoms with E-state index in [2.05, 4.69) is 0 Å². The van der Waals surface area contributed by atoms with Crippen molar-refractivity contribution in [2.45, 2.75) is 6.92 Å². The zero-order valence-electron chi connectivity index (χ0n) is 5.62. The average Bonchev–Trinajstić information content (AvgIpc) is 1.30. The standard InChI is InChI=1S/C3H8S/c1-3-4-2/h3H2,1-2H3/i2D3. The fraction of sp³-hybridized carbons (Fsp3) is 1.00. The SMILES string of the molecule is [2H]C([2H])([2H])SCC. The molecule has 0 aromatic carbocycles. The van der Waals surface area contributed by atoms with Crippen molar-refractivity contribution in [2.75, 3.05) is 11.9 Å². The van der Waals surface area contributed by atoms with Gasteiger partial charge in [0.15, 0.2) is 0 Å². The van der Waals surface area contributed by atoms with Crippen molar-refractivity contribution in [3.8, 4) is 0 Å². The summed E-state index contributed by atoms with van der Waals surface area (Å²) in [5.74, 6) is 0.663. The van der Waals surface area contributed by atoms with E-state index in [0.717, 1.165) is 11.8 Å². The Morgan fingerprint density at radius 3 is 3.00 bits per heavy atom. The van der Waals surface area contributed by atoms with Crippen LogP contribution in [0.15, 0.2) is 0 Å². The first-order valence-corrected chi connectivity index (χ1v) is 2.19. The molecule has 0 aliphatic carbocycles. The summed E-state index contributed by atoms with van der Waals surface area (Å²) in [4.78, 5) is 0. The molecule has 0 aliphatic heterocycles. The van der Waals surface area contributed by atoms with Crippen LogP contribution in [-0.2, 0) is 0 Å². The molecule has 4 heavy (non-hydrogen) atoms. The Morgan fingerprint density at radius 2 is 3.00 bits per heavy atom. The van der Waals surface area contributed by atoms with Gasteiger partial charge in [0.1, 0.15) is 0 Å². The van der Waals surface area contributed by atoms with Gasteiger partial charge in [-0.05, 0) is 11.9 Å². The van der Waals surface area contributed by atoms with Gasteiger partial charge in [-0.15, -0.1) is 0 Å². The summed E-state index contributed by atoms with van der Waals surface area (Å²) in [7, 11) is 0. The van der Waals surface area contributed by atoms with Gasteiger partial charge in [0.25, 0.3) is 0 Å². The quantitative estimate of drug-likeness (QED) is 0.457. The molecule has 0 aliphatic rings. The Bertz CT molecular complexity index is 48.6. The summed E-state index contributed by atoms with van der Waals surface area (Å²) in [6.07, 6.45) is -1.78. The predicted molar refractivity (Wildman–Crippen MR) is 24.1 cm³/mol. The van der Waals surface area contributed by atoms with Gasteiger partial charge in [0.05, 0.1) is 0 Å². The van der Waals surface area contributed by atoms with Gasteiger partial charge in [0, 0.05) is 4.11 Å². The first-order chi connectivity index (χ1) is 3.06. The lowest BCUT2D eigenvalue weighted by atomic mass is 11.0. The lowest BCUT2D eigenvalue weighted by molar-refractivity contribution is 1.53. The molecule has 0 amide bonds. The number of thioether (sulfide) groups is 1. The Balaban J connectivity index is 3.15. The molecule has 0 radical (unpaired) electrons. The topological polar surface area (TPSA) is 0 Å². The lowest BCUT2D eigenvalue weighted by Gasteiger charge is -1.69. The highest BCUT2D eigenvalue weighted by Gasteiger charge is 1.55.